The number of aliphatic hydroxyl groups is 2. The van der Waals surface area contributed by atoms with Gasteiger partial charge >= 0.3 is 0 Å². The molecule has 1 aromatic rings. The molecular weight excluding hydrogens is 262 g/mol. The van der Waals surface area contributed by atoms with Gasteiger partial charge in [-0.25, -0.2) is 0 Å². The zero-order valence-corrected chi connectivity index (χ0v) is 13.7. The monoisotopic (exact) mass is 291 g/mol. The minimum absolute atomic E-state index is 0.767. The average molecular weight is 291 g/mol. The van der Waals surface area contributed by atoms with Crippen molar-refractivity contribution in [2.24, 2.45) is 0 Å². The minimum atomic E-state index is -0.922. The van der Waals surface area contributed by atoms with Crippen LogP contribution in [0.25, 0.3) is 0 Å². The molecule has 0 heterocycles. The Labute approximate surface area is 128 Å². The van der Waals surface area contributed by atoms with Crippen LogP contribution in [0.5, 0.6) is 0 Å². The molecular formula is C18H29NO2. The zero-order valence-electron chi connectivity index (χ0n) is 13.7. The van der Waals surface area contributed by atoms with Gasteiger partial charge in [0.25, 0.3) is 0 Å². The smallest absolute Gasteiger partial charge is 0.131 e. The van der Waals surface area contributed by atoms with Crippen molar-refractivity contribution in [1.82, 2.24) is 4.90 Å². The summed E-state index contributed by atoms with van der Waals surface area (Å²) in [6.07, 6.45) is 6.63. The van der Waals surface area contributed by atoms with Crippen molar-refractivity contribution in [3.05, 3.63) is 48.2 Å². The van der Waals surface area contributed by atoms with Gasteiger partial charge in [-0.3, -0.25) is 0 Å². The van der Waals surface area contributed by atoms with Crippen LogP contribution in [-0.2, 0) is 6.42 Å². The first-order chi connectivity index (χ1) is 9.68. The van der Waals surface area contributed by atoms with E-state index >= 15 is 0 Å². The average Bonchev–Trinajstić information content (AvgIpc) is 2.36. The number of rotatable bonds is 8. The fourth-order valence-corrected chi connectivity index (χ4v) is 2.06. The van der Waals surface area contributed by atoms with Crippen LogP contribution in [0.2, 0.25) is 0 Å². The van der Waals surface area contributed by atoms with Gasteiger partial charge < -0.3 is 15.1 Å². The topological polar surface area (TPSA) is 43.7 Å². The molecule has 1 aromatic carbocycles. The molecule has 118 valence electrons. The SMILES string of the molecule is CC(C)(O)/C=C\N(CCCCc1ccccc1)C(C)(C)O. The zero-order chi connectivity index (χ0) is 15.9. The molecule has 3 nitrogen and oxygen atoms in total. The van der Waals surface area contributed by atoms with E-state index in [4.69, 9.17) is 0 Å². The molecule has 3 heteroatoms. The van der Waals surface area contributed by atoms with Crippen molar-refractivity contribution in [3.8, 4) is 0 Å². The lowest BCUT2D eigenvalue weighted by molar-refractivity contribution is -0.0510. The Morgan fingerprint density at radius 1 is 1.00 bits per heavy atom. The Bertz CT molecular complexity index is 427. The maximum Gasteiger partial charge on any atom is 0.131 e. The van der Waals surface area contributed by atoms with E-state index in [2.05, 4.69) is 24.3 Å². The molecule has 0 unspecified atom stereocenters. The summed E-state index contributed by atoms with van der Waals surface area (Å²) in [4.78, 5) is 1.87. The first kappa shape index (κ1) is 17.7. The van der Waals surface area contributed by atoms with Crippen LogP contribution < -0.4 is 0 Å². The second kappa shape index (κ2) is 7.62. The molecule has 0 aliphatic heterocycles. The summed E-state index contributed by atoms with van der Waals surface area (Å²) in [6, 6.07) is 10.4. The van der Waals surface area contributed by atoms with Gasteiger partial charge in [0.05, 0.1) is 5.60 Å². The maximum absolute atomic E-state index is 10.2. The van der Waals surface area contributed by atoms with Gasteiger partial charge in [-0.15, -0.1) is 0 Å². The predicted octanol–water partition coefficient (Wildman–Crippen LogP) is 3.32. The summed E-state index contributed by atoms with van der Waals surface area (Å²) in [7, 11) is 0. The lowest BCUT2D eigenvalue weighted by Gasteiger charge is -2.34. The molecule has 21 heavy (non-hydrogen) atoms. The quantitative estimate of drug-likeness (QED) is 0.570. The van der Waals surface area contributed by atoms with Crippen molar-refractivity contribution < 1.29 is 10.2 Å². The minimum Gasteiger partial charge on any atom is -0.386 e. The normalized spacial score (nSPS) is 12.9. The molecule has 0 atom stereocenters. The Balaban J connectivity index is 2.45. The van der Waals surface area contributed by atoms with E-state index in [1.54, 1.807) is 40.0 Å². The van der Waals surface area contributed by atoms with Crippen LogP contribution in [0.4, 0.5) is 0 Å². The third-order valence-electron chi connectivity index (χ3n) is 3.32. The highest BCUT2D eigenvalue weighted by atomic mass is 16.3. The van der Waals surface area contributed by atoms with E-state index in [1.807, 2.05) is 11.0 Å². The summed E-state index contributed by atoms with van der Waals surface area (Å²) >= 11 is 0. The Kier molecular flexibility index (Phi) is 6.43. The Hall–Kier alpha value is -1.32. The van der Waals surface area contributed by atoms with Crippen LogP contribution in [0.1, 0.15) is 46.1 Å². The summed E-state index contributed by atoms with van der Waals surface area (Å²) in [5.74, 6) is 0. The van der Waals surface area contributed by atoms with E-state index < -0.39 is 11.3 Å². The van der Waals surface area contributed by atoms with Gasteiger partial charge in [0.2, 0.25) is 0 Å². The molecule has 0 aromatic heterocycles. The van der Waals surface area contributed by atoms with Gasteiger partial charge in [0, 0.05) is 12.7 Å². The number of unbranched alkanes of at least 4 members (excludes halogenated alkanes) is 1. The fourth-order valence-electron chi connectivity index (χ4n) is 2.06. The van der Waals surface area contributed by atoms with Crippen molar-refractivity contribution in [1.29, 1.82) is 0 Å². The van der Waals surface area contributed by atoms with Gasteiger partial charge in [-0.1, -0.05) is 30.3 Å². The highest BCUT2D eigenvalue weighted by Gasteiger charge is 2.20. The van der Waals surface area contributed by atoms with E-state index in [1.165, 1.54) is 5.56 Å². The molecule has 0 spiro atoms. The third kappa shape index (κ3) is 7.88. The van der Waals surface area contributed by atoms with Crippen molar-refractivity contribution >= 4 is 0 Å². The predicted molar refractivity (Wildman–Crippen MR) is 87.8 cm³/mol. The first-order valence-corrected chi connectivity index (χ1v) is 7.63. The Morgan fingerprint density at radius 2 is 1.62 bits per heavy atom. The summed E-state index contributed by atoms with van der Waals surface area (Å²) < 4.78 is 0. The lowest BCUT2D eigenvalue weighted by Crippen LogP contribution is -2.41. The van der Waals surface area contributed by atoms with Crippen molar-refractivity contribution in [2.45, 2.75) is 58.3 Å². The third-order valence-corrected chi connectivity index (χ3v) is 3.32. The molecule has 0 saturated heterocycles. The fraction of sp³-hybridized carbons (Fsp3) is 0.556. The summed E-state index contributed by atoms with van der Waals surface area (Å²) in [6.45, 7) is 7.74. The van der Waals surface area contributed by atoms with Crippen LogP contribution in [0.3, 0.4) is 0 Å². The largest absolute Gasteiger partial charge is 0.386 e. The standard InChI is InChI=1S/C18H29NO2/c1-17(2,20)13-15-19(18(3,4)21)14-9-8-12-16-10-6-5-7-11-16/h5-7,10-11,13,15,20-21H,8-9,12,14H2,1-4H3/b15-13-. The van der Waals surface area contributed by atoms with E-state index in [-0.39, 0.29) is 0 Å². The van der Waals surface area contributed by atoms with Crippen LogP contribution in [-0.4, -0.2) is 33.0 Å². The maximum atomic E-state index is 10.2. The van der Waals surface area contributed by atoms with Gasteiger partial charge in [-0.2, -0.15) is 0 Å². The number of nitrogens with zero attached hydrogens (tertiary/aromatic N) is 1. The molecule has 0 bridgehead atoms. The molecule has 2 N–H and O–H groups in total. The number of hydrogen-bond acceptors (Lipinski definition) is 3. The first-order valence-electron chi connectivity index (χ1n) is 7.63. The number of aryl methyl sites for hydroxylation is 1. The molecule has 0 radical (unpaired) electrons. The summed E-state index contributed by atoms with van der Waals surface area (Å²) in [5, 5.41) is 19.9. The molecule has 0 aliphatic rings. The number of benzene rings is 1. The number of hydrogen-bond donors (Lipinski definition) is 2. The second-order valence-electron chi connectivity index (χ2n) is 6.60. The Morgan fingerprint density at radius 3 is 2.14 bits per heavy atom. The highest BCUT2D eigenvalue weighted by Crippen LogP contribution is 2.15. The summed E-state index contributed by atoms with van der Waals surface area (Å²) in [5.41, 5.74) is -0.443. The van der Waals surface area contributed by atoms with Crippen molar-refractivity contribution in [2.75, 3.05) is 6.54 Å². The lowest BCUT2D eigenvalue weighted by atomic mass is 10.1. The van der Waals surface area contributed by atoms with Crippen LogP contribution in [0.15, 0.2) is 42.6 Å². The van der Waals surface area contributed by atoms with Gasteiger partial charge in [0.15, 0.2) is 0 Å². The molecule has 1 rings (SSSR count). The van der Waals surface area contributed by atoms with Gasteiger partial charge in [0.1, 0.15) is 5.72 Å². The van der Waals surface area contributed by atoms with E-state index in [9.17, 15) is 10.2 Å². The van der Waals surface area contributed by atoms with E-state index in [0.29, 0.717) is 0 Å². The van der Waals surface area contributed by atoms with Gasteiger partial charge in [-0.05, 0) is 58.6 Å². The molecule has 0 fully saturated rings. The van der Waals surface area contributed by atoms with E-state index in [0.717, 1.165) is 25.8 Å². The molecule has 0 aliphatic carbocycles. The molecule has 0 amide bonds. The second-order valence-corrected chi connectivity index (χ2v) is 6.60. The van der Waals surface area contributed by atoms with Crippen LogP contribution >= 0.6 is 0 Å². The highest BCUT2D eigenvalue weighted by molar-refractivity contribution is 5.14. The van der Waals surface area contributed by atoms with Crippen LogP contribution in [0, 0.1) is 0 Å². The van der Waals surface area contributed by atoms with Crippen molar-refractivity contribution in [3.63, 3.8) is 0 Å². The molecule has 0 saturated carbocycles.